The fourth-order valence-corrected chi connectivity index (χ4v) is 2.88. The second kappa shape index (κ2) is 8.32. The maximum absolute atomic E-state index is 13.8. The second-order valence-corrected chi connectivity index (χ2v) is 6.46. The molecule has 0 saturated heterocycles. The monoisotopic (exact) mass is 402 g/mol. The molecular formula is C19H21F3O6. The van der Waals surface area contributed by atoms with Crippen molar-refractivity contribution in [3.05, 3.63) is 47.5 Å². The Morgan fingerprint density at radius 3 is 2.43 bits per heavy atom. The fourth-order valence-electron chi connectivity index (χ4n) is 2.88. The molecule has 0 fully saturated rings. The molecule has 0 amide bonds. The van der Waals surface area contributed by atoms with Gasteiger partial charge in [-0.15, -0.1) is 0 Å². The largest absolute Gasteiger partial charge is 0.460 e. The van der Waals surface area contributed by atoms with Crippen LogP contribution in [0.5, 0.6) is 0 Å². The molecule has 0 unspecified atom stereocenters. The van der Waals surface area contributed by atoms with Gasteiger partial charge in [0.25, 0.3) is 5.60 Å². The van der Waals surface area contributed by atoms with Crippen LogP contribution in [-0.4, -0.2) is 48.6 Å². The van der Waals surface area contributed by atoms with Crippen LogP contribution in [0.3, 0.4) is 0 Å². The number of esters is 2. The number of ether oxygens (including phenoxy) is 3. The van der Waals surface area contributed by atoms with Gasteiger partial charge in [-0.25, -0.2) is 9.59 Å². The van der Waals surface area contributed by atoms with Gasteiger partial charge in [0.15, 0.2) is 0 Å². The van der Waals surface area contributed by atoms with E-state index in [9.17, 15) is 27.9 Å². The molecule has 1 heterocycles. The molecule has 9 heteroatoms. The van der Waals surface area contributed by atoms with E-state index >= 15 is 0 Å². The Balaban J connectivity index is 2.24. The summed E-state index contributed by atoms with van der Waals surface area (Å²) in [5.74, 6) is -2.38. The Kier molecular flexibility index (Phi) is 6.51. The lowest BCUT2D eigenvalue weighted by Gasteiger charge is -2.33. The third kappa shape index (κ3) is 4.20. The summed E-state index contributed by atoms with van der Waals surface area (Å²) in [4.78, 5) is 24.4. The van der Waals surface area contributed by atoms with Gasteiger partial charge in [0.2, 0.25) is 0 Å². The van der Waals surface area contributed by atoms with Crippen LogP contribution in [0, 0.1) is 0 Å². The molecule has 6 nitrogen and oxygen atoms in total. The van der Waals surface area contributed by atoms with Crippen LogP contribution in [0.15, 0.2) is 42.0 Å². The summed E-state index contributed by atoms with van der Waals surface area (Å²) < 4.78 is 56.1. The van der Waals surface area contributed by atoms with Crippen LogP contribution < -0.4 is 0 Å². The lowest BCUT2D eigenvalue weighted by molar-refractivity contribution is -0.278. The normalized spacial score (nSPS) is 23.2. The molecule has 1 aromatic carbocycles. The molecule has 0 spiro atoms. The molecule has 0 aliphatic carbocycles. The summed E-state index contributed by atoms with van der Waals surface area (Å²) in [7, 11) is 0.769. The Morgan fingerprint density at radius 2 is 1.89 bits per heavy atom. The van der Waals surface area contributed by atoms with Crippen LogP contribution in [0.25, 0.3) is 0 Å². The van der Waals surface area contributed by atoms with Gasteiger partial charge in [-0.05, 0) is 19.9 Å². The number of rotatable bonds is 6. The number of hydrogen-bond acceptors (Lipinski definition) is 6. The van der Waals surface area contributed by atoms with Gasteiger partial charge in [-0.1, -0.05) is 30.3 Å². The number of halogens is 3. The van der Waals surface area contributed by atoms with Crippen LogP contribution >= 0.6 is 0 Å². The van der Waals surface area contributed by atoms with Gasteiger partial charge >= 0.3 is 18.1 Å². The number of aliphatic hydroxyl groups excluding tert-OH is 1. The number of alkyl halides is 3. The van der Waals surface area contributed by atoms with E-state index in [2.05, 4.69) is 4.74 Å². The summed E-state index contributed by atoms with van der Waals surface area (Å²) in [5.41, 5.74) is -3.72. The van der Waals surface area contributed by atoms with E-state index in [1.165, 1.54) is 38.1 Å². The average molecular weight is 402 g/mol. The van der Waals surface area contributed by atoms with Gasteiger partial charge in [0.1, 0.15) is 18.3 Å². The van der Waals surface area contributed by atoms with Crippen molar-refractivity contribution in [2.24, 2.45) is 0 Å². The predicted octanol–water partition coefficient (Wildman–Crippen LogP) is 2.65. The number of benzene rings is 1. The molecule has 2 rings (SSSR count). The third-order valence-corrected chi connectivity index (χ3v) is 4.40. The topological polar surface area (TPSA) is 82.1 Å². The van der Waals surface area contributed by atoms with Crippen molar-refractivity contribution in [3.63, 3.8) is 0 Å². The van der Waals surface area contributed by atoms with Crippen molar-refractivity contribution in [1.82, 2.24) is 0 Å². The quantitative estimate of drug-likeness (QED) is 0.737. The highest BCUT2D eigenvalue weighted by atomic mass is 19.4. The molecule has 28 heavy (non-hydrogen) atoms. The first-order valence-electron chi connectivity index (χ1n) is 8.51. The molecular weight excluding hydrogens is 381 g/mol. The molecule has 0 bridgehead atoms. The molecule has 0 radical (unpaired) electrons. The minimum absolute atomic E-state index is 0.0145. The van der Waals surface area contributed by atoms with Crippen molar-refractivity contribution in [2.75, 3.05) is 7.11 Å². The average Bonchev–Trinajstić information content (AvgIpc) is 2.60. The molecule has 154 valence electrons. The van der Waals surface area contributed by atoms with Crippen molar-refractivity contribution in [1.29, 1.82) is 0 Å². The van der Waals surface area contributed by atoms with Gasteiger partial charge in [0, 0.05) is 24.7 Å². The predicted molar refractivity (Wildman–Crippen MR) is 91.0 cm³/mol. The van der Waals surface area contributed by atoms with Crippen molar-refractivity contribution in [3.8, 4) is 0 Å². The van der Waals surface area contributed by atoms with Crippen LogP contribution in [-0.2, 0) is 29.4 Å². The number of methoxy groups -OCH3 is 1. The van der Waals surface area contributed by atoms with Crippen molar-refractivity contribution < 1.29 is 42.1 Å². The maximum atomic E-state index is 13.8. The first-order valence-corrected chi connectivity index (χ1v) is 8.51. The lowest BCUT2D eigenvalue weighted by Crippen LogP contribution is -2.52. The SMILES string of the molecule is CO[C@@](C(=O)O[C@@H](C)CC1=C[C@H](O)[C@@H](C)OC1=O)(c1ccccc1)C(F)(F)F. The van der Waals surface area contributed by atoms with E-state index in [0.29, 0.717) is 0 Å². The zero-order valence-corrected chi connectivity index (χ0v) is 15.5. The van der Waals surface area contributed by atoms with Crippen molar-refractivity contribution in [2.45, 2.75) is 50.4 Å². The van der Waals surface area contributed by atoms with Gasteiger partial charge < -0.3 is 19.3 Å². The van der Waals surface area contributed by atoms with Gasteiger partial charge in [-0.3, -0.25) is 0 Å². The summed E-state index contributed by atoms with van der Waals surface area (Å²) in [6.07, 6.45) is -6.96. The Bertz CT molecular complexity index is 746. The van der Waals surface area contributed by atoms with Gasteiger partial charge in [-0.2, -0.15) is 13.2 Å². The molecule has 1 N–H and O–H groups in total. The first-order chi connectivity index (χ1) is 13.0. The lowest BCUT2D eigenvalue weighted by atomic mass is 9.92. The zero-order valence-electron chi connectivity index (χ0n) is 15.5. The molecule has 1 aromatic rings. The summed E-state index contributed by atoms with van der Waals surface area (Å²) in [6, 6.07) is 6.42. The molecule has 1 aliphatic heterocycles. The highest BCUT2D eigenvalue weighted by Crippen LogP contribution is 2.43. The molecule has 0 aromatic heterocycles. The highest BCUT2D eigenvalue weighted by Gasteiger charge is 2.64. The maximum Gasteiger partial charge on any atom is 0.432 e. The highest BCUT2D eigenvalue weighted by molar-refractivity contribution is 5.89. The van der Waals surface area contributed by atoms with Crippen LogP contribution in [0.2, 0.25) is 0 Å². The summed E-state index contributed by atoms with van der Waals surface area (Å²) in [6.45, 7) is 2.83. The van der Waals surface area contributed by atoms with E-state index in [0.717, 1.165) is 19.2 Å². The van der Waals surface area contributed by atoms with E-state index in [1.54, 1.807) is 0 Å². The Hall–Kier alpha value is -2.39. The molecule has 0 saturated carbocycles. The smallest absolute Gasteiger partial charge is 0.432 e. The third-order valence-electron chi connectivity index (χ3n) is 4.40. The van der Waals surface area contributed by atoms with Crippen LogP contribution in [0.1, 0.15) is 25.8 Å². The molecule has 1 aliphatic rings. The number of cyclic esters (lactones) is 1. The minimum Gasteiger partial charge on any atom is -0.460 e. The second-order valence-electron chi connectivity index (χ2n) is 6.46. The Labute approximate surface area is 159 Å². The van der Waals surface area contributed by atoms with E-state index in [-0.39, 0.29) is 12.0 Å². The fraction of sp³-hybridized carbons (Fsp3) is 0.474. The standard InChI is InChI=1S/C19H21F3O6/c1-11(9-13-10-15(23)12(2)28-16(13)24)27-17(25)18(26-3,19(20,21)22)14-7-5-4-6-8-14/h4-8,10-12,15,23H,9H2,1-3H3/t11-,12+,15-,18+/m0/s1. The number of hydrogen-bond donors (Lipinski definition) is 1. The summed E-state index contributed by atoms with van der Waals surface area (Å²) >= 11 is 0. The first kappa shape index (κ1) is 21.9. The Morgan fingerprint density at radius 1 is 1.29 bits per heavy atom. The molecule has 4 atom stereocenters. The van der Waals surface area contributed by atoms with E-state index < -0.39 is 47.6 Å². The number of aliphatic hydroxyl groups is 1. The van der Waals surface area contributed by atoms with E-state index in [4.69, 9.17) is 9.47 Å². The van der Waals surface area contributed by atoms with Crippen molar-refractivity contribution >= 4 is 11.9 Å². The number of carbonyl (C=O) groups is 2. The van der Waals surface area contributed by atoms with Crippen LogP contribution in [0.4, 0.5) is 13.2 Å². The summed E-state index contributed by atoms with van der Waals surface area (Å²) in [5, 5.41) is 9.75. The van der Waals surface area contributed by atoms with Gasteiger partial charge in [0.05, 0.1) is 0 Å². The number of carbonyl (C=O) groups excluding carboxylic acids is 2. The van der Waals surface area contributed by atoms with E-state index in [1.807, 2.05) is 0 Å². The minimum atomic E-state index is -5.09. The zero-order chi connectivity index (χ0) is 21.1.